The predicted molar refractivity (Wildman–Crippen MR) is 68.3 cm³/mol. The molecule has 2 rings (SSSR count). The summed E-state index contributed by atoms with van der Waals surface area (Å²) in [7, 11) is 0. The maximum atomic E-state index is 12.5. The van der Waals surface area contributed by atoms with Gasteiger partial charge in [0.2, 0.25) is 5.91 Å². The Morgan fingerprint density at radius 2 is 2.00 bits per heavy atom. The fourth-order valence-corrected chi connectivity index (χ4v) is 2.59. The standard InChI is InChI=1S/C13H18F3N3O2/c1-9(19-6-2-5-17-19)12(21)18-7-3-10(4-8-18)11(20)13(14,15)16/h2,5-6,9-11,20H,3-4,7-8H2,1H3/t9-,11-/m0/s1. The van der Waals surface area contributed by atoms with Gasteiger partial charge in [-0.1, -0.05) is 0 Å². The molecule has 1 amide bonds. The molecule has 0 aliphatic carbocycles. The third-order valence-corrected chi connectivity index (χ3v) is 3.91. The molecule has 1 aliphatic heterocycles. The van der Waals surface area contributed by atoms with Gasteiger partial charge in [-0.3, -0.25) is 9.48 Å². The number of carbonyl (C=O) groups is 1. The minimum atomic E-state index is -4.60. The van der Waals surface area contributed by atoms with Crippen molar-refractivity contribution in [3.63, 3.8) is 0 Å². The molecule has 8 heteroatoms. The van der Waals surface area contributed by atoms with Crippen LogP contribution in [0.5, 0.6) is 0 Å². The van der Waals surface area contributed by atoms with Crippen LogP contribution in [0.3, 0.4) is 0 Å². The van der Waals surface area contributed by atoms with Crippen molar-refractivity contribution in [3.05, 3.63) is 18.5 Å². The van der Waals surface area contributed by atoms with Gasteiger partial charge in [0.15, 0.2) is 6.10 Å². The topological polar surface area (TPSA) is 58.4 Å². The molecule has 21 heavy (non-hydrogen) atoms. The quantitative estimate of drug-likeness (QED) is 0.923. The molecule has 0 bridgehead atoms. The first-order chi connectivity index (χ1) is 9.80. The Balaban J connectivity index is 1.90. The van der Waals surface area contributed by atoms with Crippen molar-refractivity contribution < 1.29 is 23.1 Å². The maximum Gasteiger partial charge on any atom is 0.414 e. The first-order valence-electron chi connectivity index (χ1n) is 6.83. The molecule has 1 aliphatic rings. The normalized spacial score (nSPS) is 20.3. The van der Waals surface area contributed by atoms with Crippen molar-refractivity contribution in [1.29, 1.82) is 0 Å². The number of aliphatic hydroxyl groups excluding tert-OH is 1. The largest absolute Gasteiger partial charge is 0.414 e. The zero-order valence-electron chi connectivity index (χ0n) is 11.6. The van der Waals surface area contributed by atoms with E-state index >= 15 is 0 Å². The number of aliphatic hydroxyl groups is 1. The number of halogens is 3. The maximum absolute atomic E-state index is 12.5. The summed E-state index contributed by atoms with van der Waals surface area (Å²) in [4.78, 5) is 13.8. The molecule has 1 aromatic heterocycles. The van der Waals surface area contributed by atoms with E-state index in [2.05, 4.69) is 5.10 Å². The molecule has 0 spiro atoms. The van der Waals surface area contributed by atoms with Crippen LogP contribution in [0.2, 0.25) is 0 Å². The number of hydrogen-bond acceptors (Lipinski definition) is 3. The van der Waals surface area contributed by atoms with E-state index < -0.39 is 24.2 Å². The SMILES string of the molecule is C[C@@H](C(=O)N1CCC([C@H](O)C(F)(F)F)CC1)n1cccn1. The average molecular weight is 305 g/mol. The number of piperidine rings is 1. The fourth-order valence-electron chi connectivity index (χ4n) is 2.59. The lowest BCUT2D eigenvalue weighted by molar-refractivity contribution is -0.223. The molecule has 0 unspecified atom stereocenters. The van der Waals surface area contributed by atoms with Gasteiger partial charge in [0.05, 0.1) is 0 Å². The summed E-state index contributed by atoms with van der Waals surface area (Å²) in [5.41, 5.74) is 0. The van der Waals surface area contributed by atoms with E-state index in [1.165, 1.54) is 9.58 Å². The number of likely N-dealkylation sites (tertiary alicyclic amines) is 1. The van der Waals surface area contributed by atoms with Crippen molar-refractivity contribution >= 4 is 5.91 Å². The van der Waals surface area contributed by atoms with Crippen LogP contribution in [0.15, 0.2) is 18.5 Å². The highest BCUT2D eigenvalue weighted by molar-refractivity contribution is 5.80. The Labute approximate surface area is 120 Å². The third kappa shape index (κ3) is 3.55. The summed E-state index contributed by atoms with van der Waals surface area (Å²) >= 11 is 0. The molecule has 0 aromatic carbocycles. The summed E-state index contributed by atoms with van der Waals surface area (Å²) < 4.78 is 38.9. The van der Waals surface area contributed by atoms with Gasteiger partial charge < -0.3 is 10.0 Å². The van der Waals surface area contributed by atoms with E-state index in [0.717, 1.165) is 0 Å². The number of rotatable bonds is 3. The minimum absolute atomic E-state index is 0.151. The van der Waals surface area contributed by atoms with Crippen LogP contribution >= 0.6 is 0 Å². The molecule has 1 aromatic rings. The second-order valence-electron chi connectivity index (χ2n) is 5.31. The van der Waals surface area contributed by atoms with E-state index in [0.29, 0.717) is 0 Å². The molecule has 0 radical (unpaired) electrons. The number of aromatic nitrogens is 2. The molecule has 2 atom stereocenters. The summed E-state index contributed by atoms with van der Waals surface area (Å²) in [5.74, 6) is -1.01. The lowest BCUT2D eigenvalue weighted by Gasteiger charge is -2.35. The Morgan fingerprint density at radius 1 is 1.38 bits per heavy atom. The van der Waals surface area contributed by atoms with Crippen LogP contribution in [0.25, 0.3) is 0 Å². The number of alkyl halides is 3. The number of carbonyl (C=O) groups excluding carboxylic acids is 1. The van der Waals surface area contributed by atoms with Crippen molar-refractivity contribution in [2.24, 2.45) is 5.92 Å². The van der Waals surface area contributed by atoms with Crippen LogP contribution in [-0.4, -0.2) is 51.1 Å². The number of nitrogens with zero attached hydrogens (tertiary/aromatic N) is 3. The van der Waals surface area contributed by atoms with Gasteiger partial charge in [-0.05, 0) is 31.7 Å². The highest BCUT2D eigenvalue weighted by atomic mass is 19.4. The molecule has 2 heterocycles. The first kappa shape index (κ1) is 15.8. The lowest BCUT2D eigenvalue weighted by atomic mass is 9.90. The Hall–Kier alpha value is -1.57. The number of hydrogen-bond donors (Lipinski definition) is 1. The van der Waals surface area contributed by atoms with Crippen LogP contribution in [0, 0.1) is 5.92 Å². The number of amides is 1. The monoisotopic (exact) mass is 305 g/mol. The Bertz CT molecular complexity index is 468. The van der Waals surface area contributed by atoms with E-state index in [4.69, 9.17) is 0 Å². The molecule has 1 saturated heterocycles. The minimum Gasteiger partial charge on any atom is -0.383 e. The fraction of sp³-hybridized carbons (Fsp3) is 0.692. The zero-order chi connectivity index (χ0) is 15.6. The van der Waals surface area contributed by atoms with Crippen molar-refractivity contribution in [1.82, 2.24) is 14.7 Å². The molecule has 1 N–H and O–H groups in total. The summed E-state index contributed by atoms with van der Waals surface area (Å²) in [6.07, 6.45) is -3.37. The molecule has 0 saturated carbocycles. The second kappa shape index (κ2) is 6.05. The van der Waals surface area contributed by atoms with Gasteiger partial charge in [-0.25, -0.2) is 0 Å². The van der Waals surface area contributed by atoms with Gasteiger partial charge in [0, 0.05) is 25.5 Å². The van der Waals surface area contributed by atoms with Crippen LogP contribution in [0.1, 0.15) is 25.8 Å². The van der Waals surface area contributed by atoms with Gasteiger partial charge in [-0.15, -0.1) is 0 Å². The van der Waals surface area contributed by atoms with E-state index in [1.54, 1.807) is 25.4 Å². The van der Waals surface area contributed by atoms with Crippen LogP contribution < -0.4 is 0 Å². The summed E-state index contributed by atoms with van der Waals surface area (Å²) in [5, 5.41) is 13.2. The van der Waals surface area contributed by atoms with Gasteiger partial charge in [0.1, 0.15) is 6.04 Å². The third-order valence-electron chi connectivity index (χ3n) is 3.91. The van der Waals surface area contributed by atoms with Crippen LogP contribution in [0.4, 0.5) is 13.2 Å². The Morgan fingerprint density at radius 3 is 2.48 bits per heavy atom. The molecular weight excluding hydrogens is 287 g/mol. The van der Waals surface area contributed by atoms with E-state index in [1.807, 2.05) is 0 Å². The van der Waals surface area contributed by atoms with Crippen LogP contribution in [-0.2, 0) is 4.79 Å². The van der Waals surface area contributed by atoms with E-state index in [9.17, 15) is 23.1 Å². The molecular formula is C13H18F3N3O2. The summed E-state index contributed by atoms with van der Waals surface area (Å²) in [6.45, 7) is 2.15. The van der Waals surface area contributed by atoms with Gasteiger partial charge >= 0.3 is 6.18 Å². The van der Waals surface area contributed by atoms with Crippen molar-refractivity contribution in [2.45, 2.75) is 38.1 Å². The predicted octanol–water partition coefficient (Wildman–Crippen LogP) is 1.61. The highest BCUT2D eigenvalue weighted by Crippen LogP contribution is 2.32. The average Bonchev–Trinajstić information content (AvgIpc) is 2.98. The Kier molecular flexibility index (Phi) is 4.55. The highest BCUT2D eigenvalue weighted by Gasteiger charge is 2.44. The lowest BCUT2D eigenvalue weighted by Crippen LogP contribution is -2.46. The summed E-state index contributed by atoms with van der Waals surface area (Å²) in [6, 6.07) is 1.22. The molecule has 1 fully saturated rings. The smallest absolute Gasteiger partial charge is 0.383 e. The zero-order valence-corrected chi connectivity index (χ0v) is 11.6. The molecule has 118 valence electrons. The molecule has 5 nitrogen and oxygen atoms in total. The van der Waals surface area contributed by atoms with E-state index in [-0.39, 0.29) is 31.8 Å². The second-order valence-corrected chi connectivity index (χ2v) is 5.31. The first-order valence-corrected chi connectivity index (χ1v) is 6.83. The van der Waals surface area contributed by atoms with Crippen molar-refractivity contribution in [3.8, 4) is 0 Å². The van der Waals surface area contributed by atoms with Gasteiger partial charge in [-0.2, -0.15) is 18.3 Å². The van der Waals surface area contributed by atoms with Crippen molar-refractivity contribution in [2.75, 3.05) is 13.1 Å². The van der Waals surface area contributed by atoms with Gasteiger partial charge in [0.25, 0.3) is 0 Å².